The first-order chi connectivity index (χ1) is 16.9. The van der Waals surface area contributed by atoms with Crippen molar-refractivity contribution < 1.29 is 18.7 Å². The van der Waals surface area contributed by atoms with Crippen molar-refractivity contribution in [3.05, 3.63) is 65.4 Å². The number of ether oxygens (including phenoxy) is 2. The zero-order chi connectivity index (χ0) is 24.2. The van der Waals surface area contributed by atoms with E-state index in [1.54, 1.807) is 30.5 Å². The number of pyridine rings is 1. The van der Waals surface area contributed by atoms with Gasteiger partial charge in [-0.1, -0.05) is 26.0 Å². The molecule has 0 amide bonds. The van der Waals surface area contributed by atoms with Gasteiger partial charge >= 0.3 is 0 Å². The van der Waals surface area contributed by atoms with E-state index in [0.717, 1.165) is 36.9 Å². The molecule has 0 N–H and O–H groups in total. The van der Waals surface area contributed by atoms with Gasteiger partial charge in [0, 0.05) is 40.6 Å². The summed E-state index contributed by atoms with van der Waals surface area (Å²) in [5, 5.41) is 0. The molecule has 2 aromatic heterocycles. The van der Waals surface area contributed by atoms with Crippen LogP contribution in [0.2, 0.25) is 0 Å². The van der Waals surface area contributed by atoms with Gasteiger partial charge in [0.05, 0.1) is 24.6 Å². The Hall–Kier alpha value is -3.03. The zero-order valence-electron chi connectivity index (χ0n) is 20.0. The number of fused-ring (bicyclic) bond motifs is 3. The van der Waals surface area contributed by atoms with Crippen molar-refractivity contribution in [3.8, 4) is 22.6 Å². The Kier molecular flexibility index (Phi) is 5.31. The maximum Gasteiger partial charge on any atom is 0.171 e. The third-order valence-corrected chi connectivity index (χ3v) is 8.43. The van der Waals surface area contributed by atoms with Crippen LogP contribution in [0.15, 0.2) is 42.6 Å². The van der Waals surface area contributed by atoms with Gasteiger partial charge in [0.1, 0.15) is 11.5 Å². The van der Waals surface area contributed by atoms with E-state index in [-0.39, 0.29) is 17.2 Å². The van der Waals surface area contributed by atoms with Gasteiger partial charge in [-0.2, -0.15) is 0 Å². The molecule has 1 saturated heterocycles. The van der Waals surface area contributed by atoms with Crippen molar-refractivity contribution in [3.63, 3.8) is 0 Å². The Morgan fingerprint density at radius 3 is 2.69 bits per heavy atom. The summed E-state index contributed by atoms with van der Waals surface area (Å²) < 4.78 is 27.4. The van der Waals surface area contributed by atoms with E-state index >= 15 is 4.39 Å². The first-order valence-corrected chi connectivity index (χ1v) is 12.3. The number of nitrogens with zero attached hydrogens (tertiary/aromatic N) is 3. The first-order valence-electron chi connectivity index (χ1n) is 12.3. The standard InChI is InChI=1S/C28H28FN3O3/c1-17-22-8-7-21-24(20-5-3-4-6-23(20)29)31-26(18-9-12-30-19(15-18)16-33)32-25(21)27(22,2)10-11-28(17)34-13-14-35-28/h3-6,9,12,15-17,22H,7-8,10-11,13-14H2,1-2H3/t17-,22-,27-/m1/s1. The molecule has 7 heteroatoms. The van der Waals surface area contributed by atoms with Gasteiger partial charge in [-0.25, -0.2) is 14.4 Å². The van der Waals surface area contributed by atoms with Crippen LogP contribution in [-0.2, 0) is 21.3 Å². The lowest BCUT2D eigenvalue weighted by Crippen LogP contribution is -2.55. The highest BCUT2D eigenvalue weighted by Gasteiger charge is 2.57. The molecule has 3 atom stereocenters. The molecular formula is C28H28FN3O3. The van der Waals surface area contributed by atoms with Crippen molar-refractivity contribution in [1.82, 2.24) is 15.0 Å². The van der Waals surface area contributed by atoms with Gasteiger partial charge in [-0.3, -0.25) is 9.78 Å². The van der Waals surface area contributed by atoms with Crippen molar-refractivity contribution >= 4 is 6.29 Å². The number of aldehydes is 1. The molecule has 0 unspecified atom stereocenters. The number of hydrogen-bond donors (Lipinski definition) is 0. The summed E-state index contributed by atoms with van der Waals surface area (Å²) >= 11 is 0. The molecule has 1 aromatic carbocycles. The van der Waals surface area contributed by atoms with E-state index in [4.69, 9.17) is 19.4 Å². The van der Waals surface area contributed by atoms with Crippen molar-refractivity contribution in [2.24, 2.45) is 11.8 Å². The van der Waals surface area contributed by atoms with E-state index in [1.807, 2.05) is 6.07 Å². The lowest BCUT2D eigenvalue weighted by molar-refractivity contribution is -0.234. The van der Waals surface area contributed by atoms with Crippen LogP contribution in [0.3, 0.4) is 0 Å². The second kappa shape index (κ2) is 8.28. The van der Waals surface area contributed by atoms with Crippen LogP contribution in [0.5, 0.6) is 0 Å². The fraction of sp³-hybridized carbons (Fsp3) is 0.429. The highest BCUT2D eigenvalue weighted by atomic mass is 19.1. The molecule has 3 heterocycles. The molecule has 0 bridgehead atoms. The molecule has 1 aliphatic heterocycles. The number of benzene rings is 1. The third-order valence-electron chi connectivity index (χ3n) is 8.43. The second-order valence-corrected chi connectivity index (χ2v) is 10.2. The van der Waals surface area contributed by atoms with Crippen molar-refractivity contribution in [1.29, 1.82) is 0 Å². The third kappa shape index (κ3) is 3.44. The Bertz CT molecular complexity index is 1310. The van der Waals surface area contributed by atoms with Gasteiger partial charge in [0.15, 0.2) is 17.9 Å². The highest BCUT2D eigenvalue weighted by molar-refractivity contribution is 5.76. The van der Waals surface area contributed by atoms with E-state index in [2.05, 4.69) is 18.8 Å². The maximum absolute atomic E-state index is 15.0. The monoisotopic (exact) mass is 473 g/mol. The van der Waals surface area contributed by atoms with Crippen LogP contribution in [0.4, 0.5) is 4.39 Å². The summed E-state index contributed by atoms with van der Waals surface area (Å²) in [6.07, 6.45) is 5.64. The van der Waals surface area contributed by atoms with E-state index in [1.165, 1.54) is 6.07 Å². The number of carbonyl (C=O) groups excluding carboxylic acids is 1. The molecule has 0 radical (unpaired) electrons. The van der Waals surface area contributed by atoms with Crippen LogP contribution in [0.1, 0.15) is 54.9 Å². The van der Waals surface area contributed by atoms with E-state index < -0.39 is 5.79 Å². The molecule has 2 fully saturated rings. The van der Waals surface area contributed by atoms with Crippen molar-refractivity contribution in [2.75, 3.05) is 13.2 Å². The second-order valence-electron chi connectivity index (χ2n) is 10.2. The minimum atomic E-state index is -0.518. The molecule has 3 aliphatic rings. The van der Waals surface area contributed by atoms with Gasteiger partial charge in [-0.15, -0.1) is 0 Å². The van der Waals surface area contributed by atoms with Crippen LogP contribution < -0.4 is 0 Å². The van der Waals surface area contributed by atoms with Gasteiger partial charge < -0.3 is 9.47 Å². The van der Waals surface area contributed by atoms with Crippen LogP contribution >= 0.6 is 0 Å². The number of aromatic nitrogens is 3. The lowest BCUT2D eigenvalue weighted by Gasteiger charge is -2.54. The molecule has 6 nitrogen and oxygen atoms in total. The summed E-state index contributed by atoms with van der Waals surface area (Å²) in [5.41, 5.74) is 3.86. The van der Waals surface area contributed by atoms with Gasteiger partial charge in [0.25, 0.3) is 0 Å². The Morgan fingerprint density at radius 2 is 1.91 bits per heavy atom. The highest BCUT2D eigenvalue weighted by Crippen LogP contribution is 2.57. The molecule has 1 spiro atoms. The SMILES string of the molecule is C[C@@H]1[C@H]2CCc3c(-c4ccccc4F)nc(-c4ccnc(C=O)c4)nc3[C@]2(C)CCC12OCCO2. The van der Waals surface area contributed by atoms with Crippen molar-refractivity contribution in [2.45, 2.75) is 50.7 Å². The molecule has 3 aromatic rings. The number of halogens is 1. The lowest BCUT2D eigenvalue weighted by atomic mass is 9.54. The fourth-order valence-electron chi connectivity index (χ4n) is 6.60. The number of carbonyl (C=O) groups is 1. The predicted octanol–water partition coefficient (Wildman–Crippen LogP) is 5.15. The fourth-order valence-corrected chi connectivity index (χ4v) is 6.60. The summed E-state index contributed by atoms with van der Waals surface area (Å²) in [6, 6.07) is 10.2. The molecular weight excluding hydrogens is 445 g/mol. The minimum absolute atomic E-state index is 0.204. The largest absolute Gasteiger partial charge is 0.347 e. The summed E-state index contributed by atoms with van der Waals surface area (Å²) in [6.45, 7) is 5.78. The maximum atomic E-state index is 15.0. The molecule has 1 saturated carbocycles. The summed E-state index contributed by atoms with van der Waals surface area (Å²) in [5.74, 6) is 0.167. The Morgan fingerprint density at radius 1 is 1.11 bits per heavy atom. The van der Waals surface area contributed by atoms with Crippen LogP contribution in [-0.4, -0.2) is 40.2 Å². The molecule has 6 rings (SSSR count). The van der Waals surface area contributed by atoms with E-state index in [9.17, 15) is 4.79 Å². The summed E-state index contributed by atoms with van der Waals surface area (Å²) in [4.78, 5) is 25.5. The zero-order valence-corrected chi connectivity index (χ0v) is 20.0. The molecule has 35 heavy (non-hydrogen) atoms. The molecule has 180 valence electrons. The van der Waals surface area contributed by atoms with E-state index in [0.29, 0.717) is 53.8 Å². The number of hydrogen-bond acceptors (Lipinski definition) is 6. The normalized spacial score (nSPS) is 26.8. The average molecular weight is 474 g/mol. The smallest absolute Gasteiger partial charge is 0.171 e. The topological polar surface area (TPSA) is 74.2 Å². The first kappa shape index (κ1) is 22.4. The number of rotatable bonds is 3. The Labute approximate surface area is 203 Å². The molecule has 2 aliphatic carbocycles. The minimum Gasteiger partial charge on any atom is -0.347 e. The Balaban J connectivity index is 1.55. The predicted molar refractivity (Wildman–Crippen MR) is 128 cm³/mol. The quantitative estimate of drug-likeness (QED) is 0.490. The van der Waals surface area contributed by atoms with Crippen LogP contribution in [0, 0.1) is 17.7 Å². The average Bonchev–Trinajstić information content (AvgIpc) is 3.37. The summed E-state index contributed by atoms with van der Waals surface area (Å²) in [7, 11) is 0. The van der Waals surface area contributed by atoms with Gasteiger partial charge in [0.2, 0.25) is 0 Å². The van der Waals surface area contributed by atoms with Crippen LogP contribution in [0.25, 0.3) is 22.6 Å². The van der Waals surface area contributed by atoms with Gasteiger partial charge in [-0.05, 0) is 49.4 Å².